The Morgan fingerprint density at radius 1 is 0.929 bits per heavy atom. The van der Waals surface area contributed by atoms with Gasteiger partial charge in [-0.25, -0.2) is 0 Å². The summed E-state index contributed by atoms with van der Waals surface area (Å²) in [6.45, 7) is -0.140. The molecule has 0 aliphatic heterocycles. The Bertz CT molecular complexity index is 816. The van der Waals surface area contributed by atoms with Crippen LogP contribution in [-0.4, -0.2) is 25.5 Å². The lowest BCUT2D eigenvalue weighted by molar-refractivity contribution is -0.118. The zero-order chi connectivity index (χ0) is 19.8. The Morgan fingerprint density at radius 2 is 1.57 bits per heavy atom. The molecule has 0 spiro atoms. The van der Waals surface area contributed by atoms with Gasteiger partial charge in [-0.15, -0.1) is 0 Å². The van der Waals surface area contributed by atoms with Crippen LogP contribution in [0.3, 0.4) is 0 Å². The lowest BCUT2D eigenvalue weighted by Gasteiger charge is -2.12. The zero-order valence-electron chi connectivity index (χ0n) is 16.1. The summed E-state index contributed by atoms with van der Waals surface area (Å²) in [5.74, 6) is 1.31. The predicted octanol–water partition coefficient (Wildman–Crippen LogP) is 4.23. The first kappa shape index (κ1) is 19.7. The van der Waals surface area contributed by atoms with Crippen LogP contribution in [0, 0.1) is 5.92 Å². The molecule has 3 rings (SSSR count). The number of para-hydroxylation sites is 2. The van der Waals surface area contributed by atoms with Crippen LogP contribution in [0.15, 0.2) is 48.5 Å². The van der Waals surface area contributed by atoms with Crippen molar-refractivity contribution in [2.75, 3.05) is 24.4 Å². The predicted molar refractivity (Wildman–Crippen MR) is 109 cm³/mol. The minimum absolute atomic E-state index is 0.0230. The maximum atomic E-state index is 12.2. The fourth-order valence-electron chi connectivity index (χ4n) is 3.44. The molecule has 2 amide bonds. The average molecular weight is 382 g/mol. The average Bonchev–Trinajstić information content (AvgIpc) is 3.19. The SMILES string of the molecule is COc1ccccc1OCC(=O)Nc1cccc(NC(=O)CC2CCCC2)c1. The van der Waals surface area contributed by atoms with E-state index in [1.165, 1.54) is 12.8 Å². The van der Waals surface area contributed by atoms with Crippen LogP contribution in [0.1, 0.15) is 32.1 Å². The second kappa shape index (κ2) is 9.78. The quantitative estimate of drug-likeness (QED) is 0.716. The largest absolute Gasteiger partial charge is 0.493 e. The van der Waals surface area contributed by atoms with Gasteiger partial charge in [-0.1, -0.05) is 31.0 Å². The summed E-state index contributed by atoms with van der Waals surface area (Å²) in [6, 6.07) is 14.3. The summed E-state index contributed by atoms with van der Waals surface area (Å²) in [5.41, 5.74) is 1.28. The first-order valence-electron chi connectivity index (χ1n) is 9.59. The molecule has 2 aromatic carbocycles. The van der Waals surface area contributed by atoms with Gasteiger partial charge in [0.25, 0.3) is 5.91 Å². The lowest BCUT2D eigenvalue weighted by Crippen LogP contribution is -2.20. The molecule has 0 atom stereocenters. The first-order chi connectivity index (χ1) is 13.6. The number of carbonyl (C=O) groups excluding carboxylic acids is 2. The van der Waals surface area contributed by atoms with E-state index in [2.05, 4.69) is 10.6 Å². The molecule has 1 fully saturated rings. The first-order valence-corrected chi connectivity index (χ1v) is 9.59. The summed E-state index contributed by atoms with van der Waals surface area (Å²) in [7, 11) is 1.55. The van der Waals surface area contributed by atoms with Crippen molar-refractivity contribution in [1.82, 2.24) is 0 Å². The third kappa shape index (κ3) is 5.74. The lowest BCUT2D eigenvalue weighted by atomic mass is 10.0. The van der Waals surface area contributed by atoms with Crippen molar-refractivity contribution in [3.8, 4) is 11.5 Å². The summed E-state index contributed by atoms with van der Waals surface area (Å²) < 4.78 is 10.7. The van der Waals surface area contributed by atoms with Crippen LogP contribution < -0.4 is 20.1 Å². The molecule has 2 N–H and O–H groups in total. The van der Waals surface area contributed by atoms with Crippen molar-refractivity contribution in [3.63, 3.8) is 0 Å². The van der Waals surface area contributed by atoms with Crippen LogP contribution in [0.2, 0.25) is 0 Å². The molecule has 0 saturated heterocycles. The van der Waals surface area contributed by atoms with Crippen LogP contribution in [0.4, 0.5) is 11.4 Å². The summed E-state index contributed by atoms with van der Waals surface area (Å²) in [5, 5.41) is 5.70. The van der Waals surface area contributed by atoms with Gasteiger partial charge >= 0.3 is 0 Å². The standard InChI is InChI=1S/C22H26N2O4/c1-27-19-11-4-5-12-20(19)28-15-22(26)24-18-10-6-9-17(14-18)23-21(25)13-16-7-2-3-8-16/h4-6,9-12,14,16H,2-3,7-8,13,15H2,1H3,(H,23,25)(H,24,26). The van der Waals surface area contributed by atoms with Crippen molar-refractivity contribution in [2.24, 2.45) is 5.92 Å². The number of nitrogens with one attached hydrogen (secondary N) is 2. The highest BCUT2D eigenvalue weighted by molar-refractivity contribution is 5.94. The highest BCUT2D eigenvalue weighted by Gasteiger charge is 2.18. The Hall–Kier alpha value is -3.02. The molecule has 1 saturated carbocycles. The summed E-state index contributed by atoms with van der Waals surface area (Å²) >= 11 is 0. The maximum absolute atomic E-state index is 12.2. The molecule has 1 aliphatic rings. The van der Waals surface area contributed by atoms with E-state index in [4.69, 9.17) is 9.47 Å². The van der Waals surface area contributed by atoms with E-state index in [9.17, 15) is 9.59 Å². The van der Waals surface area contributed by atoms with E-state index in [0.29, 0.717) is 35.2 Å². The van der Waals surface area contributed by atoms with Gasteiger partial charge in [-0.2, -0.15) is 0 Å². The summed E-state index contributed by atoms with van der Waals surface area (Å²) in [6.07, 6.45) is 5.27. The zero-order valence-corrected chi connectivity index (χ0v) is 16.1. The van der Waals surface area contributed by atoms with Gasteiger partial charge in [0.1, 0.15) is 0 Å². The molecule has 148 valence electrons. The highest BCUT2D eigenvalue weighted by Crippen LogP contribution is 2.28. The number of anilines is 2. The highest BCUT2D eigenvalue weighted by atomic mass is 16.5. The number of methoxy groups -OCH3 is 1. The number of amides is 2. The molecule has 6 nitrogen and oxygen atoms in total. The number of rotatable bonds is 8. The van der Waals surface area contributed by atoms with Crippen LogP contribution in [0.25, 0.3) is 0 Å². The van der Waals surface area contributed by atoms with Gasteiger partial charge in [-0.3, -0.25) is 9.59 Å². The van der Waals surface area contributed by atoms with Crippen LogP contribution in [-0.2, 0) is 9.59 Å². The van der Waals surface area contributed by atoms with Crippen molar-refractivity contribution in [2.45, 2.75) is 32.1 Å². The molecular weight excluding hydrogens is 356 g/mol. The van der Waals surface area contributed by atoms with Crippen molar-refractivity contribution in [1.29, 1.82) is 0 Å². The van der Waals surface area contributed by atoms with E-state index in [1.807, 2.05) is 18.2 Å². The minimum atomic E-state index is -0.291. The Morgan fingerprint density at radius 3 is 2.25 bits per heavy atom. The fourth-order valence-corrected chi connectivity index (χ4v) is 3.44. The monoisotopic (exact) mass is 382 g/mol. The number of benzene rings is 2. The molecule has 2 aromatic rings. The molecule has 0 bridgehead atoms. The molecule has 0 heterocycles. The van der Waals surface area contributed by atoms with Gasteiger partial charge in [0.2, 0.25) is 5.91 Å². The second-order valence-electron chi connectivity index (χ2n) is 6.97. The van der Waals surface area contributed by atoms with Crippen LogP contribution >= 0.6 is 0 Å². The number of hydrogen-bond acceptors (Lipinski definition) is 4. The van der Waals surface area contributed by atoms with Gasteiger partial charge in [0.05, 0.1) is 7.11 Å². The third-order valence-corrected chi connectivity index (χ3v) is 4.81. The van der Waals surface area contributed by atoms with Crippen LogP contribution in [0.5, 0.6) is 11.5 Å². The summed E-state index contributed by atoms with van der Waals surface area (Å²) in [4.78, 5) is 24.4. The Kier molecular flexibility index (Phi) is 6.89. The molecule has 0 radical (unpaired) electrons. The molecule has 6 heteroatoms. The number of carbonyl (C=O) groups is 2. The van der Waals surface area contributed by atoms with Gasteiger partial charge in [0.15, 0.2) is 18.1 Å². The van der Waals surface area contributed by atoms with Gasteiger partial charge in [0, 0.05) is 17.8 Å². The molecule has 0 aromatic heterocycles. The van der Waals surface area contributed by atoms with Crippen molar-refractivity contribution < 1.29 is 19.1 Å². The smallest absolute Gasteiger partial charge is 0.262 e. The van der Waals surface area contributed by atoms with Crippen molar-refractivity contribution in [3.05, 3.63) is 48.5 Å². The van der Waals surface area contributed by atoms with Gasteiger partial charge in [-0.05, 0) is 49.1 Å². The Labute approximate surface area is 165 Å². The molecule has 0 unspecified atom stereocenters. The maximum Gasteiger partial charge on any atom is 0.262 e. The molecule has 28 heavy (non-hydrogen) atoms. The molecule has 1 aliphatic carbocycles. The molecular formula is C22H26N2O4. The normalized spacial score (nSPS) is 13.8. The van der Waals surface area contributed by atoms with E-state index < -0.39 is 0 Å². The second-order valence-corrected chi connectivity index (χ2v) is 6.97. The van der Waals surface area contributed by atoms with E-state index in [0.717, 1.165) is 12.8 Å². The third-order valence-electron chi connectivity index (χ3n) is 4.81. The number of ether oxygens (including phenoxy) is 2. The topological polar surface area (TPSA) is 76.7 Å². The fraction of sp³-hybridized carbons (Fsp3) is 0.364. The van der Waals surface area contributed by atoms with Crippen molar-refractivity contribution >= 4 is 23.2 Å². The van der Waals surface area contributed by atoms with E-state index in [1.54, 1.807) is 37.4 Å². The van der Waals surface area contributed by atoms with E-state index >= 15 is 0 Å². The Balaban J connectivity index is 1.50. The van der Waals surface area contributed by atoms with Gasteiger partial charge < -0.3 is 20.1 Å². The number of hydrogen-bond donors (Lipinski definition) is 2. The van der Waals surface area contributed by atoms with E-state index in [-0.39, 0.29) is 18.4 Å². The minimum Gasteiger partial charge on any atom is -0.493 e.